The second kappa shape index (κ2) is 15.0. The van der Waals surface area contributed by atoms with Crippen molar-refractivity contribution in [2.45, 2.75) is 26.5 Å². The van der Waals surface area contributed by atoms with E-state index in [2.05, 4.69) is 10.3 Å². The van der Waals surface area contributed by atoms with E-state index in [9.17, 15) is 18.9 Å². The van der Waals surface area contributed by atoms with Crippen molar-refractivity contribution in [2.24, 2.45) is 0 Å². The van der Waals surface area contributed by atoms with Crippen LogP contribution >= 0.6 is 7.60 Å². The number of halogens is 1. The molecule has 0 aliphatic heterocycles. The quantitative estimate of drug-likeness (QED) is 0.111. The van der Waals surface area contributed by atoms with Gasteiger partial charge in [-0.25, -0.2) is 4.39 Å². The first-order valence-electron chi connectivity index (χ1n) is 16.1. The van der Waals surface area contributed by atoms with Gasteiger partial charge in [-0.15, -0.1) is 0 Å². The highest BCUT2D eigenvalue weighted by Gasteiger charge is 2.29. The molecule has 0 saturated carbocycles. The summed E-state index contributed by atoms with van der Waals surface area (Å²) in [7, 11) is -3.41. The molecule has 2 aromatic heterocycles. The monoisotopic (exact) mass is 681 g/mol. The van der Waals surface area contributed by atoms with Gasteiger partial charge in [0.25, 0.3) is 5.91 Å². The number of amides is 1. The first-order chi connectivity index (χ1) is 23.8. The van der Waals surface area contributed by atoms with Crippen molar-refractivity contribution < 1.29 is 32.6 Å². The molecule has 1 amide bonds. The highest BCUT2D eigenvalue weighted by atomic mass is 31.2. The fourth-order valence-electron chi connectivity index (χ4n) is 5.93. The molecule has 2 heterocycles. The molecule has 0 bridgehead atoms. The summed E-state index contributed by atoms with van der Waals surface area (Å²) in [5.74, 6) is -0.681. The summed E-state index contributed by atoms with van der Waals surface area (Å²) < 4.78 is 46.1. The van der Waals surface area contributed by atoms with Gasteiger partial charge in [-0.3, -0.25) is 14.3 Å². The lowest BCUT2D eigenvalue weighted by Gasteiger charge is -2.22. The predicted octanol–water partition coefficient (Wildman–Crippen LogP) is 8.25. The SMILES string of the molecule is CCOP(=O)(CCNC(=O)c1c2cccnc2c(OC(c2ccccc2)c2ccccc2)c2c(O)n(Cc3ccc(F)cc3)cc12)OCC. The summed E-state index contributed by atoms with van der Waals surface area (Å²) in [5.41, 5.74) is 3.14. The zero-order valence-corrected chi connectivity index (χ0v) is 28.1. The van der Waals surface area contributed by atoms with Crippen LogP contribution in [-0.4, -0.2) is 46.5 Å². The highest BCUT2D eigenvalue weighted by Crippen LogP contribution is 2.48. The summed E-state index contributed by atoms with van der Waals surface area (Å²) in [4.78, 5) is 18.8. The number of hydrogen-bond donors (Lipinski definition) is 2. The second-order valence-electron chi connectivity index (χ2n) is 11.3. The number of aromatic hydroxyl groups is 1. The number of nitrogens with zero attached hydrogens (tertiary/aromatic N) is 2. The Morgan fingerprint density at radius 2 is 1.53 bits per heavy atom. The molecule has 11 heteroatoms. The molecule has 4 aromatic carbocycles. The molecule has 0 aliphatic carbocycles. The molecular formula is C38H37FN3O6P. The van der Waals surface area contributed by atoms with Gasteiger partial charge in [0.05, 0.1) is 36.9 Å². The van der Waals surface area contributed by atoms with Gasteiger partial charge in [0.15, 0.2) is 5.75 Å². The molecule has 0 spiro atoms. The normalized spacial score (nSPS) is 11.8. The van der Waals surface area contributed by atoms with Crippen LogP contribution in [0.4, 0.5) is 4.39 Å². The van der Waals surface area contributed by atoms with Crippen molar-refractivity contribution in [2.75, 3.05) is 25.9 Å². The second-order valence-corrected chi connectivity index (χ2v) is 13.5. The van der Waals surface area contributed by atoms with E-state index < -0.39 is 19.6 Å². The topological polar surface area (TPSA) is 112 Å². The van der Waals surface area contributed by atoms with Crippen LogP contribution < -0.4 is 10.1 Å². The standard InChI is InChI=1S/C38H37FN3O6P/c1-3-46-49(45,47-4-2)23-22-41-37(43)32-30-16-11-21-40-34(30)36(48-35(27-12-7-5-8-13-27)28-14-9-6-10-15-28)33-31(32)25-42(38(33)44)24-26-17-19-29(39)20-18-26/h5-21,25,35,44H,3-4,22-24H2,1-2H3,(H,41,43). The number of fused-ring (bicyclic) bond motifs is 2. The Morgan fingerprint density at radius 1 is 0.898 bits per heavy atom. The van der Waals surface area contributed by atoms with Gasteiger partial charge in [-0.2, -0.15) is 0 Å². The fraction of sp³-hybridized carbons (Fsp3) is 0.211. The van der Waals surface area contributed by atoms with Gasteiger partial charge in [0.1, 0.15) is 17.4 Å². The molecule has 0 saturated heterocycles. The van der Waals surface area contributed by atoms with Crippen LogP contribution in [0.5, 0.6) is 11.6 Å². The third-order valence-corrected chi connectivity index (χ3v) is 10.2. The lowest BCUT2D eigenvalue weighted by atomic mass is 9.99. The zero-order valence-electron chi connectivity index (χ0n) is 27.2. The third-order valence-electron chi connectivity index (χ3n) is 8.09. The Hall–Kier alpha value is -5.02. The van der Waals surface area contributed by atoms with Crippen molar-refractivity contribution in [3.05, 3.63) is 138 Å². The summed E-state index contributed by atoms with van der Waals surface area (Å²) >= 11 is 0. The van der Waals surface area contributed by atoms with E-state index in [-0.39, 0.29) is 49.7 Å². The Morgan fingerprint density at radius 3 is 2.14 bits per heavy atom. The molecule has 252 valence electrons. The van der Waals surface area contributed by atoms with Crippen LogP contribution in [0.2, 0.25) is 0 Å². The van der Waals surface area contributed by atoms with Gasteiger partial charge in [-0.05, 0) is 48.7 Å². The first-order valence-corrected chi connectivity index (χ1v) is 17.8. The van der Waals surface area contributed by atoms with Crippen molar-refractivity contribution in [3.63, 3.8) is 0 Å². The summed E-state index contributed by atoms with van der Waals surface area (Å²) in [6.45, 7) is 4.08. The average Bonchev–Trinajstić information content (AvgIpc) is 3.43. The van der Waals surface area contributed by atoms with Gasteiger partial charge in [0, 0.05) is 29.7 Å². The fourth-order valence-corrected chi connectivity index (χ4v) is 7.44. The minimum atomic E-state index is -3.41. The van der Waals surface area contributed by atoms with Crippen LogP contribution in [0, 0.1) is 5.82 Å². The van der Waals surface area contributed by atoms with Gasteiger partial charge in [0.2, 0.25) is 5.88 Å². The molecule has 9 nitrogen and oxygen atoms in total. The van der Waals surface area contributed by atoms with Gasteiger partial charge in [-0.1, -0.05) is 78.9 Å². The van der Waals surface area contributed by atoms with Crippen molar-refractivity contribution in [1.82, 2.24) is 14.9 Å². The molecule has 6 aromatic rings. The van der Waals surface area contributed by atoms with E-state index in [0.29, 0.717) is 27.4 Å². The maximum absolute atomic E-state index is 14.1. The maximum Gasteiger partial charge on any atom is 0.332 e. The Balaban J connectivity index is 1.51. The van der Waals surface area contributed by atoms with Crippen LogP contribution in [-0.2, 0) is 20.2 Å². The molecule has 0 fully saturated rings. The van der Waals surface area contributed by atoms with Gasteiger partial charge < -0.3 is 28.8 Å². The molecule has 2 N–H and O–H groups in total. The zero-order chi connectivity index (χ0) is 34.4. The number of carbonyl (C=O) groups is 1. The molecule has 0 unspecified atom stereocenters. The number of pyridine rings is 1. The minimum absolute atomic E-state index is 0.0178. The average molecular weight is 682 g/mol. The van der Waals surface area contributed by atoms with Gasteiger partial charge >= 0.3 is 7.60 Å². The van der Waals surface area contributed by atoms with Crippen LogP contribution in [0.25, 0.3) is 21.7 Å². The van der Waals surface area contributed by atoms with Crippen molar-refractivity contribution in [1.29, 1.82) is 0 Å². The van der Waals surface area contributed by atoms with E-state index >= 15 is 0 Å². The Bertz CT molecular complexity index is 2060. The number of nitrogens with one attached hydrogen (secondary N) is 1. The van der Waals surface area contributed by atoms with Crippen LogP contribution in [0.3, 0.4) is 0 Å². The number of benzene rings is 4. The smallest absolute Gasteiger partial charge is 0.332 e. The van der Waals surface area contributed by atoms with E-state index in [1.807, 2.05) is 60.7 Å². The molecule has 49 heavy (non-hydrogen) atoms. The summed E-state index contributed by atoms with van der Waals surface area (Å²) in [6.07, 6.45) is 2.69. The lowest BCUT2D eigenvalue weighted by molar-refractivity contribution is 0.0958. The minimum Gasteiger partial charge on any atom is -0.494 e. The van der Waals surface area contributed by atoms with Crippen molar-refractivity contribution in [3.8, 4) is 11.6 Å². The number of aromatic nitrogens is 2. The summed E-state index contributed by atoms with van der Waals surface area (Å²) in [5, 5.41) is 16.0. The largest absolute Gasteiger partial charge is 0.494 e. The van der Waals surface area contributed by atoms with E-state index in [4.69, 9.17) is 13.8 Å². The van der Waals surface area contributed by atoms with E-state index in [1.165, 1.54) is 12.1 Å². The number of rotatable bonds is 14. The predicted molar refractivity (Wildman–Crippen MR) is 188 cm³/mol. The first kappa shape index (κ1) is 33.9. The van der Waals surface area contributed by atoms with Crippen molar-refractivity contribution >= 4 is 35.2 Å². The summed E-state index contributed by atoms with van der Waals surface area (Å²) in [6, 6.07) is 28.9. The Labute approximate surface area is 283 Å². The lowest BCUT2D eigenvalue weighted by Crippen LogP contribution is -2.27. The van der Waals surface area contributed by atoms with E-state index in [0.717, 1.165) is 16.7 Å². The molecule has 0 aliphatic rings. The number of ether oxygens (including phenoxy) is 1. The number of hydrogen-bond acceptors (Lipinski definition) is 7. The van der Waals surface area contributed by atoms with Crippen LogP contribution in [0.15, 0.2) is 109 Å². The molecular weight excluding hydrogens is 644 g/mol. The van der Waals surface area contributed by atoms with Crippen LogP contribution in [0.1, 0.15) is 47.0 Å². The number of carbonyl (C=O) groups excluding carboxylic acids is 1. The molecule has 6 rings (SSSR count). The Kier molecular flexibility index (Phi) is 10.4. The highest BCUT2D eigenvalue weighted by molar-refractivity contribution is 7.53. The molecule has 0 atom stereocenters. The molecule has 0 radical (unpaired) electrons. The third kappa shape index (κ3) is 7.37. The maximum atomic E-state index is 14.1. The van der Waals surface area contributed by atoms with E-state index in [1.54, 1.807) is 55.1 Å².